The molecule has 0 aliphatic carbocycles. The van der Waals surface area contributed by atoms with E-state index >= 15 is 0 Å². The van der Waals surface area contributed by atoms with E-state index in [2.05, 4.69) is 46.2 Å². The molecule has 0 unspecified atom stereocenters. The van der Waals surface area contributed by atoms with Gasteiger partial charge in [-0.25, -0.2) is 4.98 Å². The zero-order valence-electron chi connectivity index (χ0n) is 18.5. The molecule has 0 spiro atoms. The van der Waals surface area contributed by atoms with Crippen molar-refractivity contribution in [3.63, 3.8) is 0 Å². The van der Waals surface area contributed by atoms with Gasteiger partial charge in [-0.15, -0.1) is 0 Å². The lowest BCUT2D eigenvalue weighted by Crippen LogP contribution is -2.21. The largest absolute Gasteiger partial charge is 0.506 e. The van der Waals surface area contributed by atoms with Crippen LogP contribution in [0.5, 0.6) is 5.75 Å². The molecule has 2 aromatic heterocycles. The van der Waals surface area contributed by atoms with E-state index < -0.39 is 0 Å². The molecule has 0 bridgehead atoms. The van der Waals surface area contributed by atoms with Crippen LogP contribution < -0.4 is 10.6 Å². The number of hydrogen-bond donors (Lipinski definition) is 3. The maximum Gasteiger partial charge on any atom is 0.204 e. The summed E-state index contributed by atoms with van der Waals surface area (Å²) in [5, 5.41) is 17.2. The highest BCUT2D eigenvalue weighted by molar-refractivity contribution is 5.82. The van der Waals surface area contributed by atoms with E-state index in [4.69, 9.17) is 9.72 Å². The van der Waals surface area contributed by atoms with Crippen molar-refractivity contribution in [3.05, 3.63) is 46.8 Å². The molecule has 1 aromatic carbocycles. The molecule has 3 aromatic rings. The maximum atomic E-state index is 10.3. The normalized spacial score (nSPS) is 11.3. The highest BCUT2D eigenvalue weighted by Gasteiger charge is 2.15. The zero-order chi connectivity index (χ0) is 21.5. The van der Waals surface area contributed by atoms with Crippen molar-refractivity contribution < 1.29 is 9.84 Å². The number of aryl methyl sites for hydroxylation is 3. The third kappa shape index (κ3) is 5.49. The van der Waals surface area contributed by atoms with Gasteiger partial charge in [0.25, 0.3) is 0 Å². The van der Waals surface area contributed by atoms with E-state index in [1.807, 2.05) is 13.0 Å². The molecule has 2 heterocycles. The lowest BCUT2D eigenvalue weighted by Gasteiger charge is -2.12. The fraction of sp³-hybridized carbons (Fsp3) is 0.478. The maximum absolute atomic E-state index is 10.3. The molecular formula is C23H33N5O2. The van der Waals surface area contributed by atoms with Gasteiger partial charge in [0.1, 0.15) is 11.4 Å². The van der Waals surface area contributed by atoms with Crippen LogP contribution in [-0.2, 0) is 11.3 Å². The summed E-state index contributed by atoms with van der Waals surface area (Å²) < 4.78 is 7.18. The molecule has 0 fully saturated rings. The van der Waals surface area contributed by atoms with Crippen molar-refractivity contribution in [2.24, 2.45) is 0 Å². The third-order valence-corrected chi connectivity index (χ3v) is 5.10. The van der Waals surface area contributed by atoms with E-state index in [0.29, 0.717) is 12.2 Å². The summed E-state index contributed by atoms with van der Waals surface area (Å²) in [5.41, 5.74) is 5.90. The Bertz CT molecular complexity index is 983. The number of fused-ring (bicyclic) bond motifs is 1. The van der Waals surface area contributed by atoms with Crippen LogP contribution in [0.25, 0.3) is 11.0 Å². The lowest BCUT2D eigenvalue weighted by molar-refractivity contribution is 0.194. The van der Waals surface area contributed by atoms with Gasteiger partial charge in [-0.3, -0.25) is 4.98 Å². The Balaban J connectivity index is 1.77. The Kier molecular flexibility index (Phi) is 7.65. The Morgan fingerprint density at radius 2 is 1.83 bits per heavy atom. The molecule has 0 amide bonds. The first-order chi connectivity index (χ1) is 14.5. The number of ether oxygens (including phenoxy) is 1. The van der Waals surface area contributed by atoms with Crippen LogP contribution in [0.4, 0.5) is 5.95 Å². The number of nitrogens with one attached hydrogen (secondary N) is 2. The Labute approximate surface area is 178 Å². The van der Waals surface area contributed by atoms with Gasteiger partial charge < -0.3 is 25.0 Å². The number of aromatic nitrogens is 3. The van der Waals surface area contributed by atoms with Crippen LogP contribution in [-0.4, -0.2) is 53.0 Å². The van der Waals surface area contributed by atoms with Gasteiger partial charge >= 0.3 is 0 Å². The second-order valence-corrected chi connectivity index (χ2v) is 7.77. The number of anilines is 1. The van der Waals surface area contributed by atoms with Crippen molar-refractivity contribution in [2.45, 2.75) is 40.2 Å². The smallest absolute Gasteiger partial charge is 0.204 e. The molecule has 30 heavy (non-hydrogen) atoms. The molecule has 0 atom stereocenters. The Morgan fingerprint density at radius 1 is 1.03 bits per heavy atom. The van der Waals surface area contributed by atoms with Gasteiger partial charge in [0.15, 0.2) is 0 Å². The number of pyridine rings is 1. The average Bonchev–Trinajstić information content (AvgIpc) is 3.04. The van der Waals surface area contributed by atoms with E-state index in [1.54, 1.807) is 13.2 Å². The van der Waals surface area contributed by atoms with Crippen LogP contribution in [0.3, 0.4) is 0 Å². The number of hydrogen-bond acceptors (Lipinski definition) is 6. The van der Waals surface area contributed by atoms with Gasteiger partial charge in [-0.1, -0.05) is 6.07 Å². The summed E-state index contributed by atoms with van der Waals surface area (Å²) in [6.07, 6.45) is 2.01. The number of nitrogens with zero attached hydrogens (tertiary/aromatic N) is 3. The van der Waals surface area contributed by atoms with Crippen molar-refractivity contribution >= 4 is 17.0 Å². The Morgan fingerprint density at radius 3 is 2.63 bits per heavy atom. The highest BCUT2D eigenvalue weighted by Crippen LogP contribution is 2.27. The number of aromatic hydroxyl groups is 1. The minimum absolute atomic E-state index is 0.207. The molecule has 0 radical (unpaired) electrons. The van der Waals surface area contributed by atoms with Crippen LogP contribution in [0.2, 0.25) is 0 Å². The lowest BCUT2D eigenvalue weighted by atomic mass is 10.1. The van der Waals surface area contributed by atoms with E-state index in [9.17, 15) is 5.11 Å². The van der Waals surface area contributed by atoms with Crippen LogP contribution in [0.15, 0.2) is 24.3 Å². The van der Waals surface area contributed by atoms with Crippen molar-refractivity contribution in [1.82, 2.24) is 19.9 Å². The molecule has 3 N–H and O–H groups in total. The van der Waals surface area contributed by atoms with Gasteiger partial charge in [0, 0.05) is 26.0 Å². The highest BCUT2D eigenvalue weighted by atomic mass is 16.5. The topological polar surface area (TPSA) is 84.2 Å². The van der Waals surface area contributed by atoms with Crippen LogP contribution in [0.1, 0.15) is 35.4 Å². The monoisotopic (exact) mass is 411 g/mol. The molecular weight excluding hydrogens is 378 g/mol. The second kappa shape index (κ2) is 10.4. The van der Waals surface area contributed by atoms with Gasteiger partial charge in [-0.05, 0) is 76.0 Å². The van der Waals surface area contributed by atoms with Crippen LogP contribution >= 0.6 is 0 Å². The van der Waals surface area contributed by atoms with Crippen LogP contribution in [0, 0.1) is 20.8 Å². The average molecular weight is 412 g/mol. The Hall–Kier alpha value is -2.64. The summed E-state index contributed by atoms with van der Waals surface area (Å²) in [7, 11) is 1.73. The summed E-state index contributed by atoms with van der Waals surface area (Å²) in [4.78, 5) is 9.40. The molecule has 0 saturated carbocycles. The van der Waals surface area contributed by atoms with Crippen molar-refractivity contribution in [1.29, 1.82) is 0 Å². The first kappa shape index (κ1) is 22.1. The molecule has 162 valence electrons. The fourth-order valence-corrected chi connectivity index (χ4v) is 3.61. The summed E-state index contributed by atoms with van der Waals surface area (Å²) in [6, 6.07) is 7.81. The number of rotatable bonds is 11. The fourth-order valence-electron chi connectivity index (χ4n) is 3.61. The standard InChI is InChI=1S/C23H33N5O2/c1-16-13-17(2)22-20(14-16)28(15-19-21(29)8-7-18(3)26-19)23(27-22)25-11-5-9-24-10-6-12-30-4/h7-8,13-14,24,29H,5-6,9-12,15H2,1-4H3,(H,25,27). The quantitative estimate of drug-likeness (QED) is 0.419. The first-order valence-electron chi connectivity index (χ1n) is 10.6. The number of methoxy groups -OCH3 is 1. The van der Waals surface area contributed by atoms with Crippen molar-refractivity contribution in [3.8, 4) is 5.75 Å². The minimum atomic E-state index is 0.207. The van der Waals surface area contributed by atoms with E-state index in [0.717, 1.165) is 67.3 Å². The first-order valence-corrected chi connectivity index (χ1v) is 10.6. The molecule has 7 nitrogen and oxygen atoms in total. The van der Waals surface area contributed by atoms with Gasteiger partial charge in [0.2, 0.25) is 5.95 Å². The van der Waals surface area contributed by atoms with Crippen molar-refractivity contribution in [2.75, 3.05) is 38.7 Å². The molecule has 3 rings (SSSR count). The predicted molar refractivity (Wildman–Crippen MR) is 121 cm³/mol. The SMILES string of the molecule is COCCCNCCCNc1nc2c(C)cc(C)cc2n1Cc1nc(C)ccc1O. The third-order valence-electron chi connectivity index (χ3n) is 5.10. The minimum Gasteiger partial charge on any atom is -0.506 e. The predicted octanol–water partition coefficient (Wildman–Crippen LogP) is 3.54. The molecule has 0 aliphatic rings. The second-order valence-electron chi connectivity index (χ2n) is 7.77. The molecule has 7 heteroatoms. The number of benzene rings is 1. The summed E-state index contributed by atoms with van der Waals surface area (Å²) in [6.45, 7) is 10.1. The molecule has 0 aliphatic heterocycles. The van der Waals surface area contributed by atoms with Gasteiger partial charge in [0.05, 0.1) is 17.6 Å². The number of imidazole rings is 1. The van der Waals surface area contributed by atoms with E-state index in [-0.39, 0.29) is 5.75 Å². The molecule has 0 saturated heterocycles. The summed E-state index contributed by atoms with van der Waals surface area (Å²) in [5.74, 6) is 1.01. The van der Waals surface area contributed by atoms with Gasteiger partial charge in [-0.2, -0.15) is 0 Å². The summed E-state index contributed by atoms with van der Waals surface area (Å²) >= 11 is 0. The van der Waals surface area contributed by atoms with E-state index in [1.165, 1.54) is 5.56 Å². The zero-order valence-corrected chi connectivity index (χ0v) is 18.5.